The first kappa shape index (κ1) is 26.0. The molecule has 4 aromatic carbocycles. The van der Waals surface area contributed by atoms with Gasteiger partial charge < -0.3 is 9.80 Å². The van der Waals surface area contributed by atoms with Crippen LogP contribution in [0.5, 0.6) is 0 Å². The van der Waals surface area contributed by atoms with E-state index in [1.807, 2.05) is 91.0 Å². The molecule has 4 aromatic rings. The Morgan fingerprint density at radius 1 is 0.683 bits per heavy atom. The van der Waals surface area contributed by atoms with Crippen LogP contribution >= 0.6 is 0 Å². The van der Waals surface area contributed by atoms with Gasteiger partial charge in [0.1, 0.15) is 6.54 Å². The molecule has 0 bridgehead atoms. The van der Waals surface area contributed by atoms with Crippen molar-refractivity contribution in [2.75, 3.05) is 16.3 Å². The van der Waals surface area contributed by atoms with E-state index < -0.39 is 30.3 Å². The average Bonchev–Trinajstić information content (AvgIpc) is 3.17. The Hall–Kier alpha value is -5.30. The van der Waals surface area contributed by atoms with Gasteiger partial charge in [-0.25, -0.2) is 0 Å². The SMILES string of the molecule is O=C1c2ccccc2C(=O)N1CC(=O)N1c2ccccc2N(Cc2ccccc2)C(=O)CC1C=Cc1ccccc1. The van der Waals surface area contributed by atoms with Crippen LogP contribution in [0.15, 0.2) is 115 Å². The van der Waals surface area contributed by atoms with Gasteiger partial charge in [0.2, 0.25) is 11.8 Å². The van der Waals surface area contributed by atoms with Crippen LogP contribution in [0.4, 0.5) is 11.4 Å². The highest BCUT2D eigenvalue weighted by molar-refractivity contribution is 6.23. The molecule has 0 saturated carbocycles. The molecule has 0 radical (unpaired) electrons. The Morgan fingerprint density at radius 3 is 1.90 bits per heavy atom. The van der Waals surface area contributed by atoms with Crippen LogP contribution < -0.4 is 9.80 Å². The normalized spacial score (nSPS) is 16.6. The smallest absolute Gasteiger partial charge is 0.262 e. The minimum atomic E-state index is -0.646. The van der Waals surface area contributed by atoms with Crippen molar-refractivity contribution in [2.24, 2.45) is 0 Å². The molecule has 2 heterocycles. The zero-order valence-corrected chi connectivity index (χ0v) is 22.2. The van der Waals surface area contributed by atoms with Crippen LogP contribution in [0.3, 0.4) is 0 Å². The number of imide groups is 1. The summed E-state index contributed by atoms with van der Waals surface area (Å²) in [6.45, 7) is -0.102. The first-order chi connectivity index (χ1) is 20.0. The third kappa shape index (κ3) is 5.05. The molecule has 2 aliphatic rings. The van der Waals surface area contributed by atoms with Crippen molar-refractivity contribution in [3.05, 3.63) is 138 Å². The quantitative estimate of drug-likeness (QED) is 0.309. The molecule has 1 atom stereocenters. The van der Waals surface area contributed by atoms with Gasteiger partial charge in [0.15, 0.2) is 0 Å². The number of rotatable bonds is 6. The van der Waals surface area contributed by atoms with Gasteiger partial charge in [0, 0.05) is 0 Å². The first-order valence-electron chi connectivity index (χ1n) is 13.4. The third-order valence-corrected chi connectivity index (χ3v) is 7.38. The van der Waals surface area contributed by atoms with Crippen molar-refractivity contribution in [3.8, 4) is 0 Å². The van der Waals surface area contributed by atoms with E-state index in [0.29, 0.717) is 17.9 Å². The van der Waals surface area contributed by atoms with E-state index in [0.717, 1.165) is 16.0 Å². The minimum absolute atomic E-state index is 0.0265. The van der Waals surface area contributed by atoms with Crippen molar-refractivity contribution < 1.29 is 19.2 Å². The minimum Gasteiger partial charge on any atom is -0.306 e. The first-order valence-corrected chi connectivity index (χ1v) is 13.4. The lowest BCUT2D eigenvalue weighted by Crippen LogP contribution is -2.47. The molecule has 0 aliphatic carbocycles. The number of amides is 4. The summed E-state index contributed by atoms with van der Waals surface area (Å²) in [5, 5.41) is 0. The molecule has 0 saturated heterocycles. The van der Waals surface area contributed by atoms with Crippen LogP contribution in [0.2, 0.25) is 0 Å². The zero-order valence-electron chi connectivity index (χ0n) is 22.2. The summed E-state index contributed by atoms with van der Waals surface area (Å²) < 4.78 is 0. The van der Waals surface area contributed by atoms with Gasteiger partial charge in [-0.1, -0.05) is 97.1 Å². The molecule has 0 spiro atoms. The van der Waals surface area contributed by atoms with Crippen molar-refractivity contribution >= 4 is 41.1 Å². The number of hydrogen-bond donors (Lipinski definition) is 0. The number of fused-ring (bicyclic) bond motifs is 2. The number of carbonyl (C=O) groups is 4. The van der Waals surface area contributed by atoms with Gasteiger partial charge in [-0.2, -0.15) is 0 Å². The lowest BCUT2D eigenvalue weighted by molar-refractivity contribution is -0.120. The van der Waals surface area contributed by atoms with Gasteiger partial charge in [-0.15, -0.1) is 0 Å². The van der Waals surface area contributed by atoms with E-state index in [4.69, 9.17) is 0 Å². The number of carbonyl (C=O) groups excluding carboxylic acids is 4. The molecule has 7 heteroatoms. The van der Waals surface area contributed by atoms with E-state index in [9.17, 15) is 19.2 Å². The van der Waals surface area contributed by atoms with E-state index >= 15 is 0 Å². The summed E-state index contributed by atoms with van der Waals surface area (Å²) in [5.41, 5.74) is 3.58. The van der Waals surface area contributed by atoms with E-state index in [2.05, 4.69) is 0 Å². The molecule has 41 heavy (non-hydrogen) atoms. The second kappa shape index (κ2) is 11.1. The third-order valence-electron chi connectivity index (χ3n) is 7.38. The van der Waals surface area contributed by atoms with Crippen LogP contribution in [0.1, 0.15) is 38.3 Å². The Labute approximate surface area is 237 Å². The van der Waals surface area contributed by atoms with Crippen molar-refractivity contribution in [3.63, 3.8) is 0 Å². The number of nitrogens with zero attached hydrogens (tertiary/aromatic N) is 3. The van der Waals surface area contributed by atoms with Crippen molar-refractivity contribution in [1.82, 2.24) is 4.90 Å². The van der Waals surface area contributed by atoms with Crippen LogP contribution in [-0.4, -0.2) is 41.1 Å². The second-order valence-electron chi connectivity index (χ2n) is 10.0. The summed E-state index contributed by atoms with van der Waals surface area (Å²) in [7, 11) is 0. The Balaban J connectivity index is 1.39. The highest BCUT2D eigenvalue weighted by Crippen LogP contribution is 2.37. The average molecular weight is 542 g/mol. The van der Waals surface area contributed by atoms with E-state index in [1.54, 1.807) is 40.1 Å². The second-order valence-corrected chi connectivity index (χ2v) is 10.0. The molecule has 4 amide bonds. The number of hydrogen-bond acceptors (Lipinski definition) is 4. The van der Waals surface area contributed by atoms with Gasteiger partial charge >= 0.3 is 0 Å². The molecule has 0 N–H and O–H groups in total. The van der Waals surface area contributed by atoms with Crippen LogP contribution in [-0.2, 0) is 16.1 Å². The lowest BCUT2D eigenvalue weighted by Gasteiger charge is -2.30. The van der Waals surface area contributed by atoms with Crippen molar-refractivity contribution in [1.29, 1.82) is 0 Å². The fraction of sp³-hybridized carbons (Fsp3) is 0.118. The molecular formula is C34H27N3O4. The molecule has 1 unspecified atom stereocenters. The van der Waals surface area contributed by atoms with Gasteiger partial charge in [0.05, 0.1) is 41.5 Å². The van der Waals surface area contributed by atoms with E-state index in [1.165, 1.54) is 0 Å². The van der Waals surface area contributed by atoms with E-state index in [-0.39, 0.29) is 23.5 Å². The maximum atomic E-state index is 14.1. The van der Waals surface area contributed by atoms with Crippen molar-refractivity contribution in [2.45, 2.75) is 19.0 Å². The molecular weight excluding hydrogens is 514 g/mol. The zero-order chi connectivity index (χ0) is 28.3. The summed E-state index contributed by atoms with van der Waals surface area (Å²) in [4.78, 5) is 58.4. The number of anilines is 2. The standard InChI is InChI=1S/C34H27N3O4/c38-31-21-26(20-19-24-11-3-1-4-12-24)37(32(39)23-36-33(40)27-15-7-8-16-28(27)34(36)41)30-18-10-9-17-29(30)35(31)22-25-13-5-2-6-14-25/h1-20,26H,21-23H2. The predicted octanol–water partition coefficient (Wildman–Crippen LogP) is 5.33. The number of para-hydroxylation sites is 2. The fourth-order valence-corrected chi connectivity index (χ4v) is 5.38. The van der Waals surface area contributed by atoms with Gasteiger partial charge in [0.25, 0.3) is 11.8 Å². The fourth-order valence-electron chi connectivity index (χ4n) is 5.38. The summed E-state index contributed by atoms with van der Waals surface area (Å²) in [6.07, 6.45) is 3.75. The lowest BCUT2D eigenvalue weighted by atomic mass is 10.1. The Kier molecular flexibility index (Phi) is 7.00. The topological polar surface area (TPSA) is 78.0 Å². The molecule has 202 valence electrons. The predicted molar refractivity (Wildman–Crippen MR) is 157 cm³/mol. The largest absolute Gasteiger partial charge is 0.306 e. The monoisotopic (exact) mass is 541 g/mol. The number of benzene rings is 4. The highest BCUT2D eigenvalue weighted by atomic mass is 16.2. The summed E-state index contributed by atoms with van der Waals surface area (Å²) >= 11 is 0. The Bertz CT molecular complexity index is 1630. The summed E-state index contributed by atoms with van der Waals surface area (Å²) in [5.74, 6) is -1.59. The molecule has 6 rings (SSSR count). The maximum absolute atomic E-state index is 14.1. The van der Waals surface area contributed by atoms with Crippen LogP contribution in [0, 0.1) is 0 Å². The molecule has 2 aliphatic heterocycles. The summed E-state index contributed by atoms with van der Waals surface area (Å²) in [6, 6.07) is 32.5. The van der Waals surface area contributed by atoms with Gasteiger partial charge in [-0.3, -0.25) is 24.1 Å². The van der Waals surface area contributed by atoms with Crippen LogP contribution in [0.25, 0.3) is 6.08 Å². The van der Waals surface area contributed by atoms with Gasteiger partial charge in [-0.05, 0) is 35.4 Å². The Morgan fingerprint density at radius 2 is 1.24 bits per heavy atom. The molecule has 0 aromatic heterocycles. The maximum Gasteiger partial charge on any atom is 0.262 e. The molecule has 0 fully saturated rings. The molecule has 7 nitrogen and oxygen atoms in total. The highest BCUT2D eigenvalue weighted by Gasteiger charge is 2.40.